The van der Waals surface area contributed by atoms with E-state index in [1.54, 1.807) is 36.9 Å². The third-order valence-electron chi connectivity index (χ3n) is 4.92. The Kier molecular flexibility index (Phi) is 4.73. The van der Waals surface area contributed by atoms with Crippen molar-refractivity contribution < 1.29 is 9.90 Å². The van der Waals surface area contributed by atoms with Gasteiger partial charge in [-0.15, -0.1) is 11.3 Å². The Bertz CT molecular complexity index is 989. The van der Waals surface area contributed by atoms with Crippen LogP contribution in [0.2, 0.25) is 0 Å². The number of carbonyl (C=O) groups is 1. The third kappa shape index (κ3) is 3.37. The van der Waals surface area contributed by atoms with E-state index >= 15 is 0 Å². The van der Waals surface area contributed by atoms with E-state index in [2.05, 4.69) is 9.97 Å². The van der Waals surface area contributed by atoms with Crippen molar-refractivity contribution in [3.05, 3.63) is 29.0 Å². The second kappa shape index (κ2) is 7.19. The Morgan fingerprint density at radius 3 is 2.85 bits per heavy atom. The number of hydrogen-bond acceptors (Lipinski definition) is 7. The van der Waals surface area contributed by atoms with Crippen LogP contribution in [0.3, 0.4) is 0 Å². The van der Waals surface area contributed by atoms with Gasteiger partial charge in [-0.25, -0.2) is 15.0 Å². The van der Waals surface area contributed by atoms with Crippen LogP contribution in [-0.4, -0.2) is 44.6 Å². The fourth-order valence-corrected chi connectivity index (χ4v) is 4.77. The number of nitrogens with zero attached hydrogens (tertiary/aromatic N) is 5. The molecule has 1 aliphatic rings. The molecule has 3 aromatic heterocycles. The predicted molar refractivity (Wildman–Crippen MR) is 105 cm³/mol. The first-order valence-corrected chi connectivity index (χ1v) is 9.89. The van der Waals surface area contributed by atoms with E-state index in [4.69, 9.17) is 9.97 Å². The smallest absolute Gasteiger partial charge is 0.308 e. The largest absolute Gasteiger partial charge is 0.481 e. The van der Waals surface area contributed by atoms with Crippen LogP contribution in [-0.2, 0) is 17.6 Å². The number of carboxylic acids is 1. The van der Waals surface area contributed by atoms with Gasteiger partial charge >= 0.3 is 5.97 Å². The molecule has 0 bridgehead atoms. The quantitative estimate of drug-likeness (QED) is 0.723. The second-order valence-electron chi connectivity index (χ2n) is 6.97. The van der Waals surface area contributed by atoms with Crippen molar-refractivity contribution in [1.29, 1.82) is 0 Å². The van der Waals surface area contributed by atoms with Crippen molar-refractivity contribution in [2.45, 2.75) is 32.6 Å². The number of rotatable bonds is 5. The van der Waals surface area contributed by atoms with E-state index in [0.717, 1.165) is 28.9 Å². The number of aliphatic carboxylic acids is 1. The molecular weight excluding hydrogens is 362 g/mol. The van der Waals surface area contributed by atoms with E-state index in [1.807, 2.05) is 11.9 Å². The lowest BCUT2D eigenvalue weighted by molar-refractivity contribution is -0.140. The maximum Gasteiger partial charge on any atom is 0.308 e. The lowest BCUT2D eigenvalue weighted by atomic mass is 9.97. The lowest BCUT2D eigenvalue weighted by Gasteiger charge is -2.22. The molecule has 1 atom stereocenters. The first-order valence-electron chi connectivity index (χ1n) is 9.07. The minimum absolute atomic E-state index is 0.381. The number of fused-ring (bicyclic) bond motifs is 3. The predicted octanol–water partition coefficient (Wildman–Crippen LogP) is 3.18. The minimum atomic E-state index is -0.811. The van der Waals surface area contributed by atoms with E-state index < -0.39 is 11.9 Å². The Morgan fingerprint density at radius 1 is 1.30 bits per heavy atom. The molecule has 0 spiro atoms. The van der Waals surface area contributed by atoms with E-state index in [0.29, 0.717) is 18.1 Å². The molecule has 0 fully saturated rings. The van der Waals surface area contributed by atoms with Crippen LogP contribution < -0.4 is 4.90 Å². The van der Waals surface area contributed by atoms with Gasteiger partial charge in [-0.2, -0.15) is 0 Å². The number of aromatic nitrogens is 4. The molecule has 3 aromatic rings. The van der Waals surface area contributed by atoms with Crippen LogP contribution >= 0.6 is 11.3 Å². The molecule has 4 rings (SSSR count). The summed E-state index contributed by atoms with van der Waals surface area (Å²) in [5, 5.41) is 10.4. The maximum absolute atomic E-state index is 11.3. The Labute approximate surface area is 161 Å². The molecule has 140 valence electrons. The van der Waals surface area contributed by atoms with Gasteiger partial charge in [0.15, 0.2) is 5.82 Å². The summed E-state index contributed by atoms with van der Waals surface area (Å²) in [6, 6.07) is 0. The average Bonchev–Trinajstić information content (AvgIpc) is 3.06. The van der Waals surface area contributed by atoms with Gasteiger partial charge in [0.1, 0.15) is 16.3 Å². The number of aryl methyl sites for hydroxylation is 2. The molecule has 1 unspecified atom stereocenters. The first kappa shape index (κ1) is 17.8. The zero-order chi connectivity index (χ0) is 19.0. The fraction of sp³-hybridized carbons (Fsp3) is 0.421. The maximum atomic E-state index is 11.3. The van der Waals surface area contributed by atoms with E-state index in [-0.39, 0.29) is 0 Å². The van der Waals surface area contributed by atoms with Crippen molar-refractivity contribution in [3.63, 3.8) is 0 Å². The van der Waals surface area contributed by atoms with Gasteiger partial charge in [-0.05, 0) is 31.2 Å². The summed E-state index contributed by atoms with van der Waals surface area (Å²) < 4.78 is 0. The highest BCUT2D eigenvalue weighted by molar-refractivity contribution is 7.19. The topological polar surface area (TPSA) is 92.1 Å². The second-order valence-corrected chi connectivity index (χ2v) is 8.06. The zero-order valence-corrected chi connectivity index (χ0v) is 16.2. The number of hydrogen-bond donors (Lipinski definition) is 1. The molecule has 0 saturated carbocycles. The summed E-state index contributed by atoms with van der Waals surface area (Å²) in [5.74, 6) is 0.00951. The number of carboxylic acid groups (broad SMARTS) is 1. The van der Waals surface area contributed by atoms with Gasteiger partial charge in [0.25, 0.3) is 0 Å². The molecule has 0 saturated heterocycles. The monoisotopic (exact) mass is 383 g/mol. The SMILES string of the molecule is CC(CN(C)c1nc(-c2cnccn2)nc2sc3c(c12)CCCC3)C(=O)O. The standard InChI is InChI=1S/C19H21N5O2S/c1-11(19(25)26)10-24(2)17-15-12-5-3-4-6-14(12)27-18(15)23-16(22-17)13-9-20-7-8-21-13/h7-9,11H,3-6,10H2,1-2H3,(H,25,26). The molecule has 8 heteroatoms. The van der Waals surface area contributed by atoms with Crippen LogP contribution in [0, 0.1) is 5.92 Å². The molecule has 1 aliphatic carbocycles. The number of anilines is 1. The van der Waals surface area contributed by atoms with Crippen molar-refractivity contribution in [2.24, 2.45) is 5.92 Å². The Hall–Kier alpha value is -2.61. The van der Waals surface area contributed by atoms with Crippen LogP contribution in [0.5, 0.6) is 0 Å². The van der Waals surface area contributed by atoms with Gasteiger partial charge < -0.3 is 10.0 Å². The minimum Gasteiger partial charge on any atom is -0.481 e. The van der Waals surface area contributed by atoms with Crippen LogP contribution in [0.1, 0.15) is 30.2 Å². The van der Waals surface area contributed by atoms with Crippen LogP contribution in [0.25, 0.3) is 21.7 Å². The summed E-state index contributed by atoms with van der Waals surface area (Å²) in [4.78, 5) is 33.6. The van der Waals surface area contributed by atoms with Gasteiger partial charge in [-0.3, -0.25) is 9.78 Å². The van der Waals surface area contributed by atoms with E-state index in [1.165, 1.54) is 23.3 Å². The van der Waals surface area contributed by atoms with Gasteiger partial charge in [0, 0.05) is 30.9 Å². The van der Waals surface area contributed by atoms with Crippen LogP contribution in [0.15, 0.2) is 18.6 Å². The molecule has 0 amide bonds. The van der Waals surface area contributed by atoms with Crippen LogP contribution in [0.4, 0.5) is 5.82 Å². The zero-order valence-electron chi connectivity index (χ0n) is 15.3. The van der Waals surface area contributed by atoms with Gasteiger partial charge in [0.2, 0.25) is 0 Å². The summed E-state index contributed by atoms with van der Waals surface area (Å²) in [6.07, 6.45) is 9.36. The first-order chi connectivity index (χ1) is 13.0. The summed E-state index contributed by atoms with van der Waals surface area (Å²) >= 11 is 1.72. The molecule has 27 heavy (non-hydrogen) atoms. The molecule has 7 nitrogen and oxygen atoms in total. The van der Waals surface area contributed by atoms with Crippen molar-refractivity contribution >= 4 is 33.3 Å². The van der Waals surface area contributed by atoms with Gasteiger partial charge in [0.05, 0.1) is 17.5 Å². The normalized spacial score (nSPS) is 14.7. The molecule has 1 N–H and O–H groups in total. The average molecular weight is 383 g/mol. The molecule has 0 radical (unpaired) electrons. The van der Waals surface area contributed by atoms with E-state index in [9.17, 15) is 9.90 Å². The lowest BCUT2D eigenvalue weighted by Crippen LogP contribution is -2.29. The number of thiophene rings is 1. The highest BCUT2D eigenvalue weighted by atomic mass is 32.1. The molecule has 0 aromatic carbocycles. The Morgan fingerprint density at radius 2 is 2.11 bits per heavy atom. The van der Waals surface area contributed by atoms with Crippen molar-refractivity contribution in [2.75, 3.05) is 18.5 Å². The molecular formula is C19H21N5O2S. The third-order valence-corrected chi connectivity index (χ3v) is 6.10. The highest BCUT2D eigenvalue weighted by Crippen LogP contribution is 2.40. The Balaban J connectivity index is 1.87. The highest BCUT2D eigenvalue weighted by Gasteiger charge is 2.24. The molecule has 3 heterocycles. The summed E-state index contributed by atoms with van der Waals surface area (Å²) in [7, 11) is 1.90. The van der Waals surface area contributed by atoms with Crippen molar-refractivity contribution in [3.8, 4) is 11.5 Å². The summed E-state index contributed by atoms with van der Waals surface area (Å²) in [6.45, 7) is 2.09. The fourth-order valence-electron chi connectivity index (χ4n) is 3.52. The molecule has 0 aliphatic heterocycles. The van der Waals surface area contributed by atoms with Crippen molar-refractivity contribution in [1.82, 2.24) is 19.9 Å². The summed E-state index contributed by atoms with van der Waals surface area (Å²) in [5.41, 5.74) is 1.95. The van der Waals surface area contributed by atoms with Gasteiger partial charge in [-0.1, -0.05) is 6.92 Å².